The molecule has 0 saturated heterocycles. The van der Waals surface area contributed by atoms with E-state index >= 15 is 0 Å². The fourth-order valence-corrected chi connectivity index (χ4v) is 5.41. The maximum absolute atomic E-state index is 13.4. The first-order chi connectivity index (χ1) is 13.6. The van der Waals surface area contributed by atoms with E-state index in [0.29, 0.717) is 27.7 Å². The van der Waals surface area contributed by atoms with Crippen molar-refractivity contribution in [1.29, 1.82) is 0 Å². The second-order valence-corrected chi connectivity index (χ2v) is 8.67. The molecule has 2 aromatic heterocycles. The summed E-state index contributed by atoms with van der Waals surface area (Å²) >= 11 is 1.34. The Hall–Kier alpha value is -2.84. The van der Waals surface area contributed by atoms with Crippen LogP contribution < -0.4 is 4.74 Å². The summed E-state index contributed by atoms with van der Waals surface area (Å²) < 4.78 is 33.2. The molecule has 0 aliphatic carbocycles. The van der Waals surface area contributed by atoms with Crippen LogP contribution in [0.15, 0.2) is 83.0 Å². The molecule has 4 aromatic rings. The van der Waals surface area contributed by atoms with Crippen molar-refractivity contribution in [2.45, 2.75) is 15.8 Å². The highest BCUT2D eigenvalue weighted by molar-refractivity contribution is 7.99. The number of pyridine rings is 1. The van der Waals surface area contributed by atoms with Crippen LogP contribution in [0.3, 0.4) is 0 Å². The van der Waals surface area contributed by atoms with Gasteiger partial charge in [0.2, 0.25) is 0 Å². The van der Waals surface area contributed by atoms with Crippen molar-refractivity contribution in [3.8, 4) is 5.75 Å². The SMILES string of the molecule is COc1ccc(S(=O)(=O)n2c(SCc3ccccn3)nc3ccccc32)cc1. The molecule has 0 aliphatic heterocycles. The summed E-state index contributed by atoms with van der Waals surface area (Å²) in [6, 6.07) is 19.2. The average molecular weight is 412 g/mol. The van der Waals surface area contributed by atoms with E-state index in [-0.39, 0.29) is 4.90 Å². The van der Waals surface area contributed by atoms with E-state index in [9.17, 15) is 8.42 Å². The predicted molar refractivity (Wildman–Crippen MR) is 109 cm³/mol. The number of imidazole rings is 1. The number of thioether (sulfide) groups is 1. The maximum atomic E-state index is 13.4. The highest BCUT2D eigenvalue weighted by Crippen LogP contribution is 2.30. The lowest BCUT2D eigenvalue weighted by atomic mass is 10.3. The van der Waals surface area contributed by atoms with Gasteiger partial charge in [0.05, 0.1) is 28.7 Å². The number of para-hydroxylation sites is 2. The molecular weight excluding hydrogens is 394 g/mol. The van der Waals surface area contributed by atoms with Crippen molar-refractivity contribution in [2.75, 3.05) is 7.11 Å². The third-order valence-corrected chi connectivity index (χ3v) is 6.97. The lowest BCUT2D eigenvalue weighted by Gasteiger charge is -2.11. The van der Waals surface area contributed by atoms with Gasteiger partial charge in [0.1, 0.15) is 5.75 Å². The summed E-state index contributed by atoms with van der Waals surface area (Å²) in [5, 5.41) is 0.405. The van der Waals surface area contributed by atoms with Gasteiger partial charge in [-0.1, -0.05) is 30.0 Å². The molecule has 0 spiro atoms. The fourth-order valence-electron chi connectivity index (χ4n) is 2.78. The molecule has 0 amide bonds. The normalized spacial score (nSPS) is 11.6. The van der Waals surface area contributed by atoms with E-state index in [1.807, 2.05) is 24.3 Å². The van der Waals surface area contributed by atoms with Crippen molar-refractivity contribution in [1.82, 2.24) is 13.9 Å². The molecule has 0 unspecified atom stereocenters. The number of methoxy groups -OCH3 is 1. The summed E-state index contributed by atoms with van der Waals surface area (Å²) in [6.45, 7) is 0. The zero-order valence-electron chi connectivity index (χ0n) is 15.0. The molecule has 0 N–H and O–H groups in total. The first kappa shape index (κ1) is 18.5. The van der Waals surface area contributed by atoms with Crippen molar-refractivity contribution in [3.63, 3.8) is 0 Å². The minimum absolute atomic E-state index is 0.177. The van der Waals surface area contributed by atoms with E-state index in [0.717, 1.165) is 5.69 Å². The third-order valence-electron chi connectivity index (χ3n) is 4.16. The number of rotatable bonds is 6. The smallest absolute Gasteiger partial charge is 0.270 e. The van der Waals surface area contributed by atoms with Crippen LogP contribution in [0.5, 0.6) is 5.75 Å². The zero-order valence-corrected chi connectivity index (χ0v) is 16.7. The van der Waals surface area contributed by atoms with Crippen molar-refractivity contribution in [2.24, 2.45) is 0 Å². The molecule has 0 atom stereocenters. The topological polar surface area (TPSA) is 74.1 Å². The van der Waals surface area contributed by atoms with Crippen LogP contribution in [-0.4, -0.2) is 29.5 Å². The Morgan fingerprint density at radius 3 is 2.46 bits per heavy atom. The van der Waals surface area contributed by atoms with Crippen LogP contribution in [0.4, 0.5) is 0 Å². The van der Waals surface area contributed by atoms with Gasteiger partial charge >= 0.3 is 0 Å². The van der Waals surface area contributed by atoms with Gasteiger partial charge in [0.25, 0.3) is 10.0 Å². The van der Waals surface area contributed by atoms with Crippen molar-refractivity contribution >= 4 is 32.8 Å². The van der Waals surface area contributed by atoms with Crippen LogP contribution in [0, 0.1) is 0 Å². The van der Waals surface area contributed by atoms with E-state index in [2.05, 4.69) is 9.97 Å². The minimum Gasteiger partial charge on any atom is -0.497 e. The van der Waals surface area contributed by atoms with E-state index in [4.69, 9.17) is 4.74 Å². The molecule has 0 radical (unpaired) electrons. The monoisotopic (exact) mass is 411 g/mol. The lowest BCUT2D eigenvalue weighted by molar-refractivity contribution is 0.414. The molecule has 142 valence electrons. The van der Waals surface area contributed by atoms with Gasteiger partial charge in [0.15, 0.2) is 5.16 Å². The molecule has 0 saturated carbocycles. The molecule has 0 aliphatic rings. The molecule has 0 fully saturated rings. The molecule has 28 heavy (non-hydrogen) atoms. The summed E-state index contributed by atoms with van der Waals surface area (Å²) in [6.07, 6.45) is 1.72. The Labute approximate surface area is 167 Å². The number of benzene rings is 2. The highest BCUT2D eigenvalue weighted by atomic mass is 32.2. The molecular formula is C20H17N3O3S2. The fraction of sp³-hybridized carbons (Fsp3) is 0.100. The van der Waals surface area contributed by atoms with Crippen molar-refractivity contribution in [3.05, 3.63) is 78.6 Å². The van der Waals surface area contributed by atoms with Crippen LogP contribution in [-0.2, 0) is 15.8 Å². The zero-order chi connectivity index (χ0) is 19.6. The molecule has 6 nitrogen and oxygen atoms in total. The predicted octanol–water partition coefficient (Wildman–Crippen LogP) is 3.97. The van der Waals surface area contributed by atoms with Crippen molar-refractivity contribution < 1.29 is 13.2 Å². The number of aromatic nitrogens is 3. The Morgan fingerprint density at radius 1 is 1.00 bits per heavy atom. The van der Waals surface area contributed by atoms with Gasteiger partial charge < -0.3 is 4.74 Å². The number of hydrogen-bond donors (Lipinski definition) is 0. The van der Waals surface area contributed by atoms with Crippen LogP contribution in [0.2, 0.25) is 0 Å². The summed E-state index contributed by atoms with van der Waals surface area (Å²) in [5.41, 5.74) is 2.03. The molecule has 4 rings (SSSR count). The number of ether oxygens (including phenoxy) is 1. The lowest BCUT2D eigenvalue weighted by Crippen LogP contribution is -2.14. The number of nitrogens with zero attached hydrogens (tertiary/aromatic N) is 3. The Morgan fingerprint density at radius 2 is 1.75 bits per heavy atom. The van der Waals surface area contributed by atoms with Crippen LogP contribution in [0.1, 0.15) is 5.69 Å². The summed E-state index contributed by atoms with van der Waals surface area (Å²) in [7, 11) is -2.28. The second-order valence-electron chi connectivity index (χ2n) is 5.94. The van der Waals surface area contributed by atoms with Gasteiger partial charge in [-0.05, 0) is 48.5 Å². The Balaban J connectivity index is 1.79. The van der Waals surface area contributed by atoms with Crippen LogP contribution >= 0.6 is 11.8 Å². The van der Waals surface area contributed by atoms with Gasteiger partial charge in [-0.15, -0.1) is 0 Å². The van der Waals surface area contributed by atoms with Gasteiger partial charge in [-0.25, -0.2) is 17.4 Å². The van der Waals surface area contributed by atoms with E-state index < -0.39 is 10.0 Å². The van der Waals surface area contributed by atoms with Crippen LogP contribution in [0.25, 0.3) is 11.0 Å². The Bertz CT molecular complexity index is 1200. The third kappa shape index (κ3) is 3.48. The first-order valence-electron chi connectivity index (χ1n) is 8.49. The van der Waals surface area contributed by atoms with Gasteiger partial charge in [-0.2, -0.15) is 0 Å². The molecule has 8 heteroatoms. The number of hydrogen-bond acceptors (Lipinski definition) is 6. The second kappa shape index (κ2) is 7.65. The quantitative estimate of drug-likeness (QED) is 0.447. The minimum atomic E-state index is -3.82. The summed E-state index contributed by atoms with van der Waals surface area (Å²) in [4.78, 5) is 9.02. The number of fused-ring (bicyclic) bond motifs is 1. The summed E-state index contributed by atoms with van der Waals surface area (Å²) in [5.74, 6) is 1.11. The van der Waals surface area contributed by atoms with Gasteiger partial charge in [-0.3, -0.25) is 4.98 Å². The van der Waals surface area contributed by atoms with E-state index in [1.165, 1.54) is 27.9 Å². The van der Waals surface area contributed by atoms with Gasteiger partial charge in [0, 0.05) is 11.9 Å². The largest absolute Gasteiger partial charge is 0.497 e. The highest BCUT2D eigenvalue weighted by Gasteiger charge is 2.24. The molecule has 2 aromatic carbocycles. The first-order valence-corrected chi connectivity index (χ1v) is 10.9. The standard InChI is InChI=1S/C20H17N3O3S2/c1-26-16-9-11-17(12-10-16)28(24,25)23-19-8-3-2-7-18(19)22-20(23)27-14-15-6-4-5-13-21-15/h2-13H,14H2,1H3. The molecule has 2 heterocycles. The molecule has 0 bridgehead atoms. The Kier molecular flexibility index (Phi) is 5.06. The maximum Gasteiger partial charge on any atom is 0.270 e. The van der Waals surface area contributed by atoms with E-state index in [1.54, 1.807) is 43.6 Å². The average Bonchev–Trinajstić information content (AvgIpc) is 3.12.